The van der Waals surface area contributed by atoms with Crippen molar-refractivity contribution in [1.29, 1.82) is 0 Å². The standard InChI is InChI=1S/C11H11N3/c1-12-11-7-10(13-8-14-11)9-5-3-2-4-6-9/h2-8H,1H3,(H,12,13,14). The molecule has 1 aromatic carbocycles. The summed E-state index contributed by atoms with van der Waals surface area (Å²) in [5.74, 6) is 0.832. The molecule has 1 heterocycles. The van der Waals surface area contributed by atoms with Gasteiger partial charge < -0.3 is 5.32 Å². The molecule has 3 nitrogen and oxygen atoms in total. The summed E-state index contributed by atoms with van der Waals surface area (Å²) in [4.78, 5) is 8.27. The van der Waals surface area contributed by atoms with Gasteiger partial charge in [-0.3, -0.25) is 0 Å². The lowest BCUT2D eigenvalue weighted by molar-refractivity contribution is 1.16. The van der Waals surface area contributed by atoms with Crippen molar-refractivity contribution in [2.45, 2.75) is 0 Å². The lowest BCUT2D eigenvalue weighted by Gasteiger charge is -2.02. The van der Waals surface area contributed by atoms with Crippen molar-refractivity contribution >= 4 is 5.82 Å². The lowest BCUT2D eigenvalue weighted by atomic mass is 10.1. The first-order valence-electron chi connectivity index (χ1n) is 4.45. The van der Waals surface area contributed by atoms with Gasteiger partial charge in [0.15, 0.2) is 0 Å². The molecule has 0 amide bonds. The average molecular weight is 185 g/mol. The molecule has 0 saturated carbocycles. The molecule has 1 N–H and O–H groups in total. The molecule has 70 valence electrons. The first-order chi connectivity index (χ1) is 6.90. The van der Waals surface area contributed by atoms with E-state index in [1.165, 1.54) is 0 Å². The van der Waals surface area contributed by atoms with Crippen LogP contribution in [-0.4, -0.2) is 17.0 Å². The summed E-state index contributed by atoms with van der Waals surface area (Å²) in [7, 11) is 1.84. The number of rotatable bonds is 2. The second kappa shape index (κ2) is 3.87. The van der Waals surface area contributed by atoms with Gasteiger partial charge in [-0.25, -0.2) is 9.97 Å². The van der Waals surface area contributed by atoms with Gasteiger partial charge >= 0.3 is 0 Å². The third kappa shape index (κ3) is 1.71. The third-order valence-electron chi connectivity index (χ3n) is 1.99. The fourth-order valence-electron chi connectivity index (χ4n) is 1.26. The minimum Gasteiger partial charge on any atom is -0.373 e. The maximum absolute atomic E-state index is 4.21. The minimum absolute atomic E-state index is 0.832. The Morgan fingerprint density at radius 1 is 1.07 bits per heavy atom. The quantitative estimate of drug-likeness (QED) is 0.779. The van der Waals surface area contributed by atoms with Gasteiger partial charge in [0.05, 0.1) is 5.69 Å². The van der Waals surface area contributed by atoms with Crippen LogP contribution in [0.25, 0.3) is 11.3 Å². The minimum atomic E-state index is 0.832. The summed E-state index contributed by atoms with van der Waals surface area (Å²) in [6.07, 6.45) is 1.56. The van der Waals surface area contributed by atoms with Gasteiger partial charge in [0.2, 0.25) is 0 Å². The van der Waals surface area contributed by atoms with Gasteiger partial charge in [0.1, 0.15) is 12.1 Å². The Balaban J connectivity index is 2.42. The molecule has 0 spiro atoms. The van der Waals surface area contributed by atoms with E-state index in [1.54, 1.807) is 6.33 Å². The van der Waals surface area contributed by atoms with E-state index in [4.69, 9.17) is 0 Å². The van der Waals surface area contributed by atoms with Crippen molar-refractivity contribution in [2.75, 3.05) is 12.4 Å². The Labute approximate surface area is 82.8 Å². The number of nitrogens with zero attached hydrogens (tertiary/aromatic N) is 2. The summed E-state index contributed by atoms with van der Waals surface area (Å²) < 4.78 is 0. The number of benzene rings is 1. The topological polar surface area (TPSA) is 37.8 Å². The zero-order valence-corrected chi connectivity index (χ0v) is 7.94. The molecule has 0 aliphatic rings. The molecule has 0 radical (unpaired) electrons. The SMILES string of the molecule is CNc1cc(-c2ccccc2)ncn1. The number of anilines is 1. The Kier molecular flexibility index (Phi) is 2.40. The zero-order valence-electron chi connectivity index (χ0n) is 7.94. The monoisotopic (exact) mass is 185 g/mol. The Bertz CT molecular complexity index is 412. The van der Waals surface area contributed by atoms with E-state index in [9.17, 15) is 0 Å². The van der Waals surface area contributed by atoms with Crippen LogP contribution in [0.4, 0.5) is 5.82 Å². The van der Waals surface area contributed by atoms with Crippen LogP contribution in [0.1, 0.15) is 0 Å². The second-order valence-electron chi connectivity index (χ2n) is 2.90. The lowest BCUT2D eigenvalue weighted by Crippen LogP contribution is -1.93. The van der Waals surface area contributed by atoms with E-state index in [1.807, 2.05) is 43.4 Å². The molecule has 2 rings (SSSR count). The highest BCUT2D eigenvalue weighted by Crippen LogP contribution is 2.17. The van der Waals surface area contributed by atoms with Gasteiger partial charge in [-0.05, 0) is 0 Å². The highest BCUT2D eigenvalue weighted by Gasteiger charge is 1.98. The van der Waals surface area contributed by atoms with Crippen LogP contribution in [0, 0.1) is 0 Å². The molecule has 1 aromatic heterocycles. The Morgan fingerprint density at radius 3 is 2.57 bits per heavy atom. The fourth-order valence-corrected chi connectivity index (χ4v) is 1.26. The molecule has 0 aliphatic carbocycles. The van der Waals surface area contributed by atoms with Gasteiger partial charge in [0.25, 0.3) is 0 Å². The normalized spacial score (nSPS) is 9.79. The molecule has 0 atom stereocenters. The summed E-state index contributed by atoms with van der Waals surface area (Å²) in [5.41, 5.74) is 2.04. The Hall–Kier alpha value is -1.90. The zero-order chi connectivity index (χ0) is 9.80. The predicted octanol–water partition coefficient (Wildman–Crippen LogP) is 2.19. The fraction of sp³-hybridized carbons (Fsp3) is 0.0909. The van der Waals surface area contributed by atoms with Crippen LogP contribution in [0.3, 0.4) is 0 Å². The van der Waals surface area contributed by atoms with Crippen LogP contribution in [0.5, 0.6) is 0 Å². The second-order valence-corrected chi connectivity index (χ2v) is 2.90. The maximum atomic E-state index is 4.21. The van der Waals surface area contributed by atoms with E-state index in [-0.39, 0.29) is 0 Å². The number of nitrogens with one attached hydrogen (secondary N) is 1. The van der Waals surface area contributed by atoms with Gasteiger partial charge in [-0.15, -0.1) is 0 Å². The molecule has 0 saturated heterocycles. The summed E-state index contributed by atoms with van der Waals surface area (Å²) >= 11 is 0. The maximum Gasteiger partial charge on any atom is 0.129 e. The van der Waals surface area contributed by atoms with E-state index in [2.05, 4.69) is 15.3 Å². The van der Waals surface area contributed by atoms with Crippen LogP contribution in [-0.2, 0) is 0 Å². The summed E-state index contributed by atoms with van der Waals surface area (Å²) in [6.45, 7) is 0. The highest BCUT2D eigenvalue weighted by atomic mass is 15.0. The summed E-state index contributed by atoms with van der Waals surface area (Å²) in [5, 5.41) is 2.99. The molecule has 0 aliphatic heterocycles. The van der Waals surface area contributed by atoms with E-state index < -0.39 is 0 Å². The molecule has 0 fully saturated rings. The molecule has 14 heavy (non-hydrogen) atoms. The molecular formula is C11H11N3. The highest BCUT2D eigenvalue weighted by molar-refractivity contribution is 5.61. The van der Waals surface area contributed by atoms with Gasteiger partial charge in [0, 0.05) is 18.7 Å². The average Bonchev–Trinajstić information content (AvgIpc) is 2.30. The van der Waals surface area contributed by atoms with Crippen molar-refractivity contribution in [3.05, 3.63) is 42.7 Å². The van der Waals surface area contributed by atoms with Crippen molar-refractivity contribution in [3.63, 3.8) is 0 Å². The summed E-state index contributed by atoms with van der Waals surface area (Å²) in [6, 6.07) is 12.0. The molecule has 0 unspecified atom stereocenters. The first kappa shape index (κ1) is 8.69. The van der Waals surface area contributed by atoms with Crippen molar-refractivity contribution in [1.82, 2.24) is 9.97 Å². The van der Waals surface area contributed by atoms with Crippen LogP contribution in [0.15, 0.2) is 42.7 Å². The third-order valence-corrected chi connectivity index (χ3v) is 1.99. The van der Waals surface area contributed by atoms with Crippen LogP contribution < -0.4 is 5.32 Å². The van der Waals surface area contributed by atoms with Gasteiger partial charge in [-0.2, -0.15) is 0 Å². The van der Waals surface area contributed by atoms with E-state index >= 15 is 0 Å². The predicted molar refractivity (Wildman–Crippen MR) is 57.0 cm³/mol. The Morgan fingerprint density at radius 2 is 1.86 bits per heavy atom. The molecule has 0 bridgehead atoms. The van der Waals surface area contributed by atoms with E-state index in [0.717, 1.165) is 17.1 Å². The van der Waals surface area contributed by atoms with E-state index in [0.29, 0.717) is 0 Å². The van der Waals surface area contributed by atoms with Crippen molar-refractivity contribution in [3.8, 4) is 11.3 Å². The first-order valence-corrected chi connectivity index (χ1v) is 4.45. The van der Waals surface area contributed by atoms with Gasteiger partial charge in [-0.1, -0.05) is 30.3 Å². The molecular weight excluding hydrogens is 174 g/mol. The van der Waals surface area contributed by atoms with Crippen molar-refractivity contribution < 1.29 is 0 Å². The smallest absolute Gasteiger partial charge is 0.129 e. The number of hydrogen-bond donors (Lipinski definition) is 1. The molecule has 2 aromatic rings. The van der Waals surface area contributed by atoms with Crippen LogP contribution >= 0.6 is 0 Å². The van der Waals surface area contributed by atoms with Crippen molar-refractivity contribution in [2.24, 2.45) is 0 Å². The largest absolute Gasteiger partial charge is 0.373 e. The number of aromatic nitrogens is 2. The molecule has 3 heteroatoms. The number of hydrogen-bond acceptors (Lipinski definition) is 3. The van der Waals surface area contributed by atoms with Crippen LogP contribution in [0.2, 0.25) is 0 Å².